The van der Waals surface area contributed by atoms with Crippen molar-refractivity contribution in [1.29, 1.82) is 0 Å². The van der Waals surface area contributed by atoms with Crippen molar-refractivity contribution in [3.8, 4) is 0 Å². The van der Waals surface area contributed by atoms with Gasteiger partial charge in [0.15, 0.2) is 0 Å². The minimum atomic E-state index is -0.572. The minimum absolute atomic E-state index is 0.0805. The zero-order chi connectivity index (χ0) is 15.4. The molecule has 2 unspecified atom stereocenters. The van der Waals surface area contributed by atoms with E-state index in [2.05, 4.69) is 15.9 Å². The molecule has 0 aliphatic rings. The number of thioether (sulfide) groups is 1. The van der Waals surface area contributed by atoms with Crippen LogP contribution >= 0.6 is 27.7 Å². The fraction of sp³-hybridized carbons (Fsp3) is 0.250. The van der Waals surface area contributed by atoms with Gasteiger partial charge < -0.3 is 5.73 Å². The first-order chi connectivity index (χ1) is 10.0. The van der Waals surface area contributed by atoms with Crippen molar-refractivity contribution in [2.45, 2.75) is 29.5 Å². The predicted molar refractivity (Wildman–Crippen MR) is 87.4 cm³/mol. The molecule has 0 fully saturated rings. The van der Waals surface area contributed by atoms with Gasteiger partial charge in [0.05, 0.1) is 0 Å². The molecule has 2 N–H and O–H groups in total. The van der Waals surface area contributed by atoms with Gasteiger partial charge in [-0.25, -0.2) is 8.78 Å². The van der Waals surface area contributed by atoms with Crippen LogP contribution in [0.25, 0.3) is 0 Å². The minimum Gasteiger partial charge on any atom is -0.326 e. The normalized spacial score (nSPS) is 14.0. The van der Waals surface area contributed by atoms with Gasteiger partial charge in [-0.15, -0.1) is 11.8 Å². The smallest absolute Gasteiger partial charge is 0.139 e. The number of hydrogen-bond acceptors (Lipinski definition) is 2. The molecule has 0 spiro atoms. The molecule has 1 nitrogen and oxygen atoms in total. The molecule has 0 bridgehead atoms. The van der Waals surface area contributed by atoms with Crippen LogP contribution < -0.4 is 5.73 Å². The van der Waals surface area contributed by atoms with Crippen LogP contribution in [0.5, 0.6) is 0 Å². The molecule has 0 aliphatic carbocycles. The second-order valence-corrected chi connectivity index (χ2v) is 6.84. The van der Waals surface area contributed by atoms with Crippen molar-refractivity contribution in [2.75, 3.05) is 0 Å². The van der Waals surface area contributed by atoms with Crippen LogP contribution in [0.2, 0.25) is 0 Å². The second kappa shape index (κ2) is 7.38. The number of halogens is 3. The number of nitrogens with two attached hydrogens (primary N) is 1. The van der Waals surface area contributed by atoms with E-state index in [0.717, 1.165) is 22.5 Å². The summed E-state index contributed by atoms with van der Waals surface area (Å²) < 4.78 is 27.8. The van der Waals surface area contributed by atoms with Gasteiger partial charge in [-0.1, -0.05) is 35.0 Å². The lowest BCUT2D eigenvalue weighted by atomic mass is 10.0. The highest BCUT2D eigenvalue weighted by Crippen LogP contribution is 2.39. The molecule has 0 heterocycles. The van der Waals surface area contributed by atoms with Gasteiger partial charge in [-0.3, -0.25) is 0 Å². The highest BCUT2D eigenvalue weighted by molar-refractivity contribution is 9.10. The molecule has 21 heavy (non-hydrogen) atoms. The van der Waals surface area contributed by atoms with Crippen molar-refractivity contribution in [3.05, 3.63) is 64.1 Å². The van der Waals surface area contributed by atoms with Crippen LogP contribution in [0.3, 0.4) is 0 Å². The molecular weight excluding hydrogens is 356 g/mol. The monoisotopic (exact) mass is 371 g/mol. The number of hydrogen-bond donors (Lipinski definition) is 1. The Morgan fingerprint density at radius 3 is 2.38 bits per heavy atom. The molecule has 2 atom stereocenters. The second-order valence-electron chi connectivity index (χ2n) is 4.74. The first kappa shape index (κ1) is 16.5. The largest absolute Gasteiger partial charge is 0.326 e. The predicted octanol–water partition coefficient (Wildman–Crippen LogP) is 5.30. The Morgan fingerprint density at radius 1 is 1.14 bits per heavy atom. The molecule has 5 heteroatoms. The van der Waals surface area contributed by atoms with E-state index in [4.69, 9.17) is 5.73 Å². The Balaban J connectivity index is 2.30. The third-order valence-electron chi connectivity index (χ3n) is 3.21. The van der Waals surface area contributed by atoms with Crippen molar-refractivity contribution in [3.63, 3.8) is 0 Å². The third kappa shape index (κ3) is 4.28. The van der Waals surface area contributed by atoms with E-state index in [1.54, 1.807) is 0 Å². The molecule has 112 valence electrons. The van der Waals surface area contributed by atoms with E-state index in [-0.39, 0.29) is 11.3 Å². The van der Waals surface area contributed by atoms with E-state index >= 15 is 0 Å². The van der Waals surface area contributed by atoms with E-state index in [9.17, 15) is 8.78 Å². The summed E-state index contributed by atoms with van der Waals surface area (Å²) in [5.74, 6) is -1.12. The van der Waals surface area contributed by atoms with Crippen LogP contribution in [-0.2, 0) is 0 Å². The van der Waals surface area contributed by atoms with Crippen molar-refractivity contribution < 1.29 is 8.78 Å². The lowest BCUT2D eigenvalue weighted by Crippen LogP contribution is -2.25. The molecule has 2 aromatic carbocycles. The topological polar surface area (TPSA) is 26.0 Å². The SMILES string of the molecule is CCC(N)C(Sc1ccc(F)cc1F)c1ccc(Br)cc1. The summed E-state index contributed by atoms with van der Waals surface area (Å²) in [6.07, 6.45) is 0.774. The zero-order valence-electron chi connectivity index (χ0n) is 11.5. The molecule has 0 aliphatic heterocycles. The molecule has 0 aromatic heterocycles. The number of benzene rings is 2. The van der Waals surface area contributed by atoms with Crippen molar-refractivity contribution >= 4 is 27.7 Å². The Labute approximate surface area is 136 Å². The Bertz CT molecular complexity index is 604. The van der Waals surface area contributed by atoms with E-state index in [1.165, 1.54) is 23.9 Å². The maximum atomic E-state index is 13.8. The van der Waals surface area contributed by atoms with Gasteiger partial charge in [0.25, 0.3) is 0 Å². The fourth-order valence-electron chi connectivity index (χ4n) is 1.98. The Kier molecular flexibility index (Phi) is 5.79. The summed E-state index contributed by atoms with van der Waals surface area (Å²) in [5.41, 5.74) is 7.21. The molecular formula is C16H16BrF2NS. The lowest BCUT2D eigenvalue weighted by Gasteiger charge is -2.23. The Hall–Kier alpha value is -0.910. The van der Waals surface area contributed by atoms with Gasteiger partial charge in [0.2, 0.25) is 0 Å². The van der Waals surface area contributed by atoms with Gasteiger partial charge in [-0.2, -0.15) is 0 Å². The van der Waals surface area contributed by atoms with E-state index in [1.807, 2.05) is 31.2 Å². The summed E-state index contributed by atoms with van der Waals surface area (Å²) in [5, 5.41) is -0.0805. The Morgan fingerprint density at radius 2 is 1.81 bits per heavy atom. The molecule has 0 radical (unpaired) electrons. The summed E-state index contributed by atoms with van der Waals surface area (Å²) in [6, 6.07) is 11.3. The highest BCUT2D eigenvalue weighted by atomic mass is 79.9. The summed E-state index contributed by atoms with van der Waals surface area (Å²) in [4.78, 5) is 0.410. The molecule has 0 amide bonds. The highest BCUT2D eigenvalue weighted by Gasteiger charge is 2.21. The fourth-order valence-corrected chi connectivity index (χ4v) is 3.49. The van der Waals surface area contributed by atoms with Gasteiger partial charge >= 0.3 is 0 Å². The number of rotatable bonds is 5. The quantitative estimate of drug-likeness (QED) is 0.721. The maximum Gasteiger partial charge on any atom is 0.139 e. The maximum absolute atomic E-state index is 13.8. The van der Waals surface area contributed by atoms with Crippen LogP contribution in [0.4, 0.5) is 8.78 Å². The van der Waals surface area contributed by atoms with Gasteiger partial charge in [0, 0.05) is 26.7 Å². The van der Waals surface area contributed by atoms with Gasteiger partial charge in [0.1, 0.15) is 11.6 Å². The first-order valence-electron chi connectivity index (χ1n) is 6.64. The summed E-state index contributed by atoms with van der Waals surface area (Å²) >= 11 is 4.73. The molecule has 2 rings (SSSR count). The first-order valence-corrected chi connectivity index (χ1v) is 8.31. The third-order valence-corrected chi connectivity index (χ3v) is 5.20. The average molecular weight is 372 g/mol. The van der Waals surface area contributed by atoms with Crippen LogP contribution in [-0.4, -0.2) is 6.04 Å². The molecule has 0 saturated heterocycles. The van der Waals surface area contributed by atoms with E-state index < -0.39 is 11.6 Å². The molecule has 2 aromatic rings. The van der Waals surface area contributed by atoms with Crippen LogP contribution in [0, 0.1) is 11.6 Å². The molecule has 0 saturated carbocycles. The van der Waals surface area contributed by atoms with E-state index in [0.29, 0.717) is 4.90 Å². The van der Waals surface area contributed by atoms with Crippen molar-refractivity contribution in [2.24, 2.45) is 5.73 Å². The average Bonchev–Trinajstić information content (AvgIpc) is 2.47. The van der Waals surface area contributed by atoms with Crippen LogP contribution in [0.1, 0.15) is 24.2 Å². The van der Waals surface area contributed by atoms with Crippen molar-refractivity contribution in [1.82, 2.24) is 0 Å². The summed E-state index contributed by atoms with van der Waals surface area (Å²) in [7, 11) is 0. The zero-order valence-corrected chi connectivity index (χ0v) is 13.9. The van der Waals surface area contributed by atoms with Crippen LogP contribution in [0.15, 0.2) is 51.8 Å². The lowest BCUT2D eigenvalue weighted by molar-refractivity contribution is 0.564. The standard InChI is InChI=1S/C16H16BrF2NS/c1-2-14(20)16(10-3-5-11(17)6-4-10)21-15-8-7-12(18)9-13(15)19/h3-9,14,16H,2,20H2,1H3. The van der Waals surface area contributed by atoms with Gasteiger partial charge in [-0.05, 0) is 36.2 Å². The summed E-state index contributed by atoms with van der Waals surface area (Å²) in [6.45, 7) is 2.00.